The lowest BCUT2D eigenvalue weighted by atomic mass is 10.3. The molecule has 1 aliphatic rings. The minimum absolute atomic E-state index is 0.0291. The van der Waals surface area contributed by atoms with Crippen LogP contribution in [-0.2, 0) is 27.7 Å². The van der Waals surface area contributed by atoms with Crippen molar-refractivity contribution in [1.82, 2.24) is 14.9 Å². The molecule has 0 bridgehead atoms. The third kappa shape index (κ3) is 2.99. The zero-order valence-electron chi connectivity index (χ0n) is 11.8. The van der Waals surface area contributed by atoms with Crippen molar-refractivity contribution in [2.24, 2.45) is 0 Å². The van der Waals surface area contributed by atoms with Gasteiger partial charge in [-0.2, -0.15) is 0 Å². The quantitative estimate of drug-likeness (QED) is 0.846. The van der Waals surface area contributed by atoms with Crippen LogP contribution in [0.2, 0.25) is 0 Å². The molecular weight excluding hydrogens is 302 g/mol. The molecule has 1 aromatic heterocycles. The van der Waals surface area contributed by atoms with Crippen LogP contribution in [0, 0.1) is 0 Å². The van der Waals surface area contributed by atoms with Gasteiger partial charge in [0.1, 0.15) is 6.33 Å². The number of fused-ring (bicyclic) bond motifs is 1. The third-order valence-electron chi connectivity index (χ3n) is 3.62. The number of benzene rings is 1. The summed E-state index contributed by atoms with van der Waals surface area (Å²) in [6.07, 6.45) is 3.11. The molecule has 6 nitrogen and oxygen atoms in total. The van der Waals surface area contributed by atoms with Crippen LogP contribution in [0.15, 0.2) is 47.8 Å². The fourth-order valence-corrected chi connectivity index (χ4v) is 3.65. The SMILES string of the molecule is O=C(CCS(=O)(=O)c1ccccc1)N1Cc2cncnc2C1. The molecule has 0 aliphatic carbocycles. The van der Waals surface area contributed by atoms with E-state index in [0.717, 1.165) is 11.3 Å². The van der Waals surface area contributed by atoms with E-state index in [4.69, 9.17) is 0 Å². The zero-order chi connectivity index (χ0) is 15.6. The summed E-state index contributed by atoms with van der Waals surface area (Å²) in [6, 6.07) is 8.18. The highest BCUT2D eigenvalue weighted by atomic mass is 32.2. The van der Waals surface area contributed by atoms with E-state index in [9.17, 15) is 13.2 Å². The second-order valence-corrected chi connectivity index (χ2v) is 7.24. The van der Waals surface area contributed by atoms with Crippen LogP contribution >= 0.6 is 0 Å². The molecule has 2 heterocycles. The Bertz CT molecular complexity index is 766. The molecule has 1 aliphatic heterocycles. The molecule has 0 saturated heterocycles. The Morgan fingerprint density at radius 2 is 1.95 bits per heavy atom. The molecule has 0 radical (unpaired) electrons. The number of hydrogen-bond donors (Lipinski definition) is 0. The minimum atomic E-state index is -3.43. The Morgan fingerprint density at radius 1 is 1.18 bits per heavy atom. The van der Waals surface area contributed by atoms with Gasteiger partial charge in [-0.25, -0.2) is 18.4 Å². The largest absolute Gasteiger partial charge is 0.332 e. The number of aromatic nitrogens is 2. The summed E-state index contributed by atoms with van der Waals surface area (Å²) in [7, 11) is -3.43. The lowest BCUT2D eigenvalue weighted by molar-refractivity contribution is -0.131. The van der Waals surface area contributed by atoms with Crippen LogP contribution in [0.1, 0.15) is 17.7 Å². The monoisotopic (exact) mass is 317 g/mol. The van der Waals surface area contributed by atoms with Gasteiger partial charge in [-0.15, -0.1) is 0 Å². The van der Waals surface area contributed by atoms with Crippen molar-refractivity contribution in [1.29, 1.82) is 0 Å². The highest BCUT2D eigenvalue weighted by Crippen LogP contribution is 2.20. The van der Waals surface area contributed by atoms with E-state index < -0.39 is 9.84 Å². The number of rotatable bonds is 4. The highest BCUT2D eigenvalue weighted by Gasteiger charge is 2.25. The Hall–Kier alpha value is -2.28. The molecule has 114 valence electrons. The molecule has 0 N–H and O–H groups in total. The second-order valence-electron chi connectivity index (χ2n) is 5.13. The number of carbonyl (C=O) groups excluding carboxylic acids is 1. The van der Waals surface area contributed by atoms with E-state index >= 15 is 0 Å². The van der Waals surface area contributed by atoms with E-state index in [0.29, 0.717) is 13.1 Å². The van der Waals surface area contributed by atoms with Crippen molar-refractivity contribution in [2.75, 3.05) is 5.75 Å². The van der Waals surface area contributed by atoms with Gasteiger partial charge in [0.05, 0.1) is 22.9 Å². The van der Waals surface area contributed by atoms with Gasteiger partial charge in [0.25, 0.3) is 0 Å². The highest BCUT2D eigenvalue weighted by molar-refractivity contribution is 7.91. The predicted octanol–water partition coefficient (Wildman–Crippen LogP) is 1.18. The first-order valence-electron chi connectivity index (χ1n) is 6.89. The molecule has 0 atom stereocenters. The van der Waals surface area contributed by atoms with Gasteiger partial charge < -0.3 is 4.90 Å². The first-order valence-corrected chi connectivity index (χ1v) is 8.55. The van der Waals surface area contributed by atoms with Gasteiger partial charge in [-0.1, -0.05) is 18.2 Å². The number of sulfone groups is 1. The number of carbonyl (C=O) groups is 1. The summed E-state index contributed by atoms with van der Waals surface area (Å²) in [5, 5.41) is 0. The van der Waals surface area contributed by atoms with Crippen LogP contribution in [0.3, 0.4) is 0 Å². The maximum Gasteiger partial charge on any atom is 0.224 e. The fourth-order valence-electron chi connectivity index (χ4n) is 2.40. The lowest BCUT2D eigenvalue weighted by Gasteiger charge is -2.14. The standard InChI is InChI=1S/C15H15N3O3S/c19-15(18-9-12-8-16-11-17-14(12)10-18)6-7-22(20,21)13-4-2-1-3-5-13/h1-5,8,11H,6-7,9-10H2. The van der Waals surface area contributed by atoms with Crippen LogP contribution < -0.4 is 0 Å². The first-order chi connectivity index (χ1) is 10.6. The molecule has 0 saturated carbocycles. The molecule has 0 unspecified atom stereocenters. The van der Waals surface area contributed by atoms with E-state index in [2.05, 4.69) is 9.97 Å². The average Bonchev–Trinajstić information content (AvgIpc) is 2.98. The third-order valence-corrected chi connectivity index (χ3v) is 5.35. The number of hydrogen-bond acceptors (Lipinski definition) is 5. The van der Waals surface area contributed by atoms with Crippen LogP contribution in [-0.4, -0.2) is 34.9 Å². The summed E-state index contributed by atoms with van der Waals surface area (Å²) in [5.74, 6) is -0.369. The Labute approximate surface area is 128 Å². The fraction of sp³-hybridized carbons (Fsp3) is 0.267. The molecule has 1 aromatic carbocycles. The molecule has 3 rings (SSSR count). The maximum absolute atomic E-state index is 12.2. The Balaban J connectivity index is 1.62. The molecule has 1 amide bonds. The Morgan fingerprint density at radius 3 is 2.68 bits per heavy atom. The van der Waals surface area contributed by atoms with Crippen LogP contribution in [0.4, 0.5) is 0 Å². The van der Waals surface area contributed by atoms with Gasteiger partial charge >= 0.3 is 0 Å². The molecule has 7 heteroatoms. The molecule has 0 spiro atoms. The van der Waals surface area contributed by atoms with Gasteiger partial charge in [0.15, 0.2) is 9.84 Å². The van der Waals surface area contributed by atoms with Crippen molar-refractivity contribution in [2.45, 2.75) is 24.4 Å². The summed E-state index contributed by atoms with van der Waals surface area (Å²) >= 11 is 0. The van der Waals surface area contributed by atoms with Crippen molar-refractivity contribution in [3.8, 4) is 0 Å². The number of amides is 1. The van der Waals surface area contributed by atoms with Crippen molar-refractivity contribution < 1.29 is 13.2 Å². The smallest absolute Gasteiger partial charge is 0.224 e. The zero-order valence-corrected chi connectivity index (χ0v) is 12.7. The minimum Gasteiger partial charge on any atom is -0.332 e. The molecule has 2 aromatic rings. The van der Waals surface area contributed by atoms with Gasteiger partial charge in [0, 0.05) is 24.7 Å². The second kappa shape index (κ2) is 5.84. The van der Waals surface area contributed by atoms with Crippen LogP contribution in [0.5, 0.6) is 0 Å². The molecular formula is C15H15N3O3S. The van der Waals surface area contributed by atoms with E-state index in [1.807, 2.05) is 0 Å². The van der Waals surface area contributed by atoms with Gasteiger partial charge in [0.2, 0.25) is 5.91 Å². The molecule has 22 heavy (non-hydrogen) atoms. The van der Waals surface area contributed by atoms with Crippen molar-refractivity contribution in [3.63, 3.8) is 0 Å². The maximum atomic E-state index is 12.2. The van der Waals surface area contributed by atoms with Crippen molar-refractivity contribution in [3.05, 3.63) is 54.1 Å². The summed E-state index contributed by atoms with van der Waals surface area (Å²) in [5.41, 5.74) is 1.75. The summed E-state index contributed by atoms with van der Waals surface area (Å²) < 4.78 is 24.4. The van der Waals surface area contributed by atoms with E-state index in [-0.39, 0.29) is 23.0 Å². The molecule has 0 fully saturated rings. The van der Waals surface area contributed by atoms with Crippen molar-refractivity contribution >= 4 is 15.7 Å². The van der Waals surface area contributed by atoms with Gasteiger partial charge in [-0.05, 0) is 12.1 Å². The average molecular weight is 317 g/mol. The summed E-state index contributed by atoms with van der Waals surface area (Å²) in [6.45, 7) is 0.864. The predicted molar refractivity (Wildman–Crippen MR) is 79.4 cm³/mol. The number of nitrogens with zero attached hydrogens (tertiary/aromatic N) is 3. The lowest BCUT2D eigenvalue weighted by Crippen LogP contribution is -2.27. The normalized spacial score (nSPS) is 13.9. The van der Waals surface area contributed by atoms with Gasteiger partial charge in [-0.3, -0.25) is 4.79 Å². The topological polar surface area (TPSA) is 80.2 Å². The summed E-state index contributed by atoms with van der Waals surface area (Å²) in [4.78, 5) is 22.1. The van der Waals surface area contributed by atoms with E-state index in [1.165, 1.54) is 6.33 Å². The van der Waals surface area contributed by atoms with E-state index in [1.54, 1.807) is 41.4 Å². The van der Waals surface area contributed by atoms with Crippen LogP contribution in [0.25, 0.3) is 0 Å². The first kappa shape index (κ1) is 14.6. The Kier molecular flexibility index (Phi) is 3.89.